The lowest BCUT2D eigenvalue weighted by Gasteiger charge is -2.13. The van der Waals surface area contributed by atoms with Crippen molar-refractivity contribution in [2.24, 2.45) is 0 Å². The predicted molar refractivity (Wildman–Crippen MR) is 131 cm³/mol. The number of nitrogens with one attached hydrogen (secondary N) is 2. The predicted octanol–water partition coefficient (Wildman–Crippen LogP) is 5.39. The molecule has 0 aliphatic rings. The van der Waals surface area contributed by atoms with E-state index in [9.17, 15) is 13.2 Å². The van der Waals surface area contributed by atoms with Crippen molar-refractivity contribution in [2.75, 3.05) is 5.32 Å². The van der Waals surface area contributed by atoms with Crippen LogP contribution in [0.25, 0.3) is 11.1 Å². The fourth-order valence-corrected chi connectivity index (χ4v) is 4.83. The van der Waals surface area contributed by atoms with Gasteiger partial charge in [0.15, 0.2) is 0 Å². The van der Waals surface area contributed by atoms with Crippen LogP contribution >= 0.6 is 0 Å². The molecule has 0 fully saturated rings. The van der Waals surface area contributed by atoms with Gasteiger partial charge in [0.05, 0.1) is 4.90 Å². The maximum Gasteiger partial charge on any atom is 0.255 e. The number of para-hydroxylation sites is 1. The monoisotopic (exact) mass is 456 g/mol. The van der Waals surface area contributed by atoms with Gasteiger partial charge in [0.1, 0.15) is 0 Å². The van der Waals surface area contributed by atoms with Gasteiger partial charge in [-0.05, 0) is 41.8 Å². The first kappa shape index (κ1) is 22.5. The topological polar surface area (TPSA) is 75.3 Å². The summed E-state index contributed by atoms with van der Waals surface area (Å²) in [5.74, 6) is -0.377. The smallest absolute Gasteiger partial charge is 0.255 e. The van der Waals surface area contributed by atoms with Gasteiger partial charge in [0.2, 0.25) is 10.0 Å². The van der Waals surface area contributed by atoms with E-state index in [1.165, 1.54) is 6.07 Å². The highest BCUT2D eigenvalue weighted by atomic mass is 32.2. The largest absolute Gasteiger partial charge is 0.321 e. The molecule has 0 saturated carbocycles. The van der Waals surface area contributed by atoms with Crippen molar-refractivity contribution in [1.29, 1.82) is 0 Å². The second-order valence-corrected chi connectivity index (χ2v) is 9.39. The number of amides is 1. The van der Waals surface area contributed by atoms with Crippen LogP contribution in [-0.4, -0.2) is 14.3 Å². The molecule has 0 aliphatic carbocycles. The summed E-state index contributed by atoms with van der Waals surface area (Å²) in [6, 6.07) is 31.3. The Labute approximate surface area is 194 Å². The number of carbonyl (C=O) groups excluding carboxylic acids is 1. The Bertz CT molecular complexity index is 1370. The lowest BCUT2D eigenvalue weighted by Crippen LogP contribution is -2.24. The molecule has 6 heteroatoms. The van der Waals surface area contributed by atoms with Crippen LogP contribution in [0.1, 0.15) is 21.5 Å². The molecule has 0 atom stereocenters. The molecule has 0 radical (unpaired) electrons. The van der Waals surface area contributed by atoms with Crippen LogP contribution in [0.2, 0.25) is 0 Å². The van der Waals surface area contributed by atoms with Gasteiger partial charge in [-0.25, -0.2) is 13.1 Å². The molecule has 0 aromatic heterocycles. The normalized spacial score (nSPS) is 11.2. The number of carbonyl (C=O) groups is 1. The minimum atomic E-state index is -3.80. The molecule has 0 heterocycles. The zero-order valence-corrected chi connectivity index (χ0v) is 19.0. The third kappa shape index (κ3) is 5.37. The van der Waals surface area contributed by atoms with Gasteiger partial charge in [0, 0.05) is 23.4 Å². The molecule has 0 aliphatic heterocycles. The minimum Gasteiger partial charge on any atom is -0.321 e. The first-order valence-corrected chi connectivity index (χ1v) is 12.0. The van der Waals surface area contributed by atoms with Gasteiger partial charge >= 0.3 is 0 Å². The number of aryl methyl sites for hydroxylation is 1. The zero-order chi connectivity index (χ0) is 23.3. The molecule has 166 valence electrons. The summed E-state index contributed by atoms with van der Waals surface area (Å²) < 4.78 is 28.5. The Morgan fingerprint density at radius 3 is 2.15 bits per heavy atom. The van der Waals surface area contributed by atoms with Crippen molar-refractivity contribution in [3.8, 4) is 11.1 Å². The van der Waals surface area contributed by atoms with Crippen LogP contribution in [-0.2, 0) is 16.6 Å². The number of hydrogen-bond acceptors (Lipinski definition) is 3. The molecule has 0 saturated heterocycles. The number of benzene rings is 4. The number of anilines is 1. The average Bonchev–Trinajstić information content (AvgIpc) is 2.84. The second-order valence-electron chi connectivity index (χ2n) is 7.66. The van der Waals surface area contributed by atoms with E-state index in [0.717, 1.165) is 16.7 Å². The molecule has 4 aromatic rings. The van der Waals surface area contributed by atoms with Crippen LogP contribution in [0.15, 0.2) is 108 Å². The lowest BCUT2D eigenvalue weighted by molar-refractivity contribution is 0.102. The van der Waals surface area contributed by atoms with E-state index in [4.69, 9.17) is 0 Å². The van der Waals surface area contributed by atoms with E-state index in [1.54, 1.807) is 19.1 Å². The lowest BCUT2D eigenvalue weighted by atomic mass is 10.0. The number of rotatable bonds is 7. The SMILES string of the molecule is Cc1ccc(C(=O)Nc2ccccc2-c2ccccc2)cc1S(=O)(=O)NCc1ccccc1. The fourth-order valence-electron chi connectivity index (χ4n) is 3.54. The van der Waals surface area contributed by atoms with Crippen LogP contribution in [0.3, 0.4) is 0 Å². The quantitative estimate of drug-likeness (QED) is 0.391. The Hall–Kier alpha value is -3.74. The maximum absolute atomic E-state index is 13.0. The van der Waals surface area contributed by atoms with Crippen molar-refractivity contribution < 1.29 is 13.2 Å². The molecule has 33 heavy (non-hydrogen) atoms. The maximum atomic E-state index is 13.0. The molecule has 2 N–H and O–H groups in total. The van der Waals surface area contributed by atoms with E-state index in [2.05, 4.69) is 10.0 Å². The van der Waals surface area contributed by atoms with E-state index >= 15 is 0 Å². The standard InChI is InChI=1S/C27H24N2O3S/c1-20-16-17-23(18-26(20)33(31,32)28-19-21-10-4-2-5-11-21)27(30)29-25-15-9-8-14-24(25)22-12-6-3-7-13-22/h2-18,28H,19H2,1H3,(H,29,30). The molecule has 0 bridgehead atoms. The van der Waals surface area contributed by atoms with Gasteiger partial charge in [-0.3, -0.25) is 4.79 Å². The van der Waals surface area contributed by atoms with Crippen molar-refractivity contribution >= 4 is 21.6 Å². The Kier molecular flexibility index (Phi) is 6.68. The van der Waals surface area contributed by atoms with Crippen LogP contribution in [0.5, 0.6) is 0 Å². The van der Waals surface area contributed by atoms with Crippen LogP contribution in [0, 0.1) is 6.92 Å². The molecular formula is C27H24N2O3S. The van der Waals surface area contributed by atoms with Crippen molar-refractivity contribution in [1.82, 2.24) is 4.72 Å². The van der Waals surface area contributed by atoms with Gasteiger partial charge in [-0.15, -0.1) is 0 Å². The third-order valence-electron chi connectivity index (χ3n) is 5.31. The Morgan fingerprint density at radius 1 is 0.788 bits per heavy atom. The zero-order valence-electron chi connectivity index (χ0n) is 18.2. The molecule has 4 rings (SSSR count). The fraction of sp³-hybridized carbons (Fsp3) is 0.0741. The molecule has 5 nitrogen and oxygen atoms in total. The third-order valence-corrected chi connectivity index (χ3v) is 6.85. The van der Waals surface area contributed by atoms with Crippen molar-refractivity contribution in [2.45, 2.75) is 18.4 Å². The molecule has 1 amide bonds. The molecule has 4 aromatic carbocycles. The summed E-state index contributed by atoms with van der Waals surface area (Å²) in [7, 11) is -3.80. The molecule has 0 spiro atoms. The summed E-state index contributed by atoms with van der Waals surface area (Å²) in [6.45, 7) is 1.88. The number of sulfonamides is 1. The van der Waals surface area contributed by atoms with Crippen molar-refractivity contribution in [3.63, 3.8) is 0 Å². The Balaban J connectivity index is 1.58. The van der Waals surface area contributed by atoms with Gasteiger partial charge in [0.25, 0.3) is 5.91 Å². The first-order valence-electron chi connectivity index (χ1n) is 10.5. The highest BCUT2D eigenvalue weighted by Gasteiger charge is 2.19. The van der Waals surface area contributed by atoms with Gasteiger partial charge in [-0.1, -0.05) is 84.9 Å². The van der Waals surface area contributed by atoms with Crippen LogP contribution < -0.4 is 10.0 Å². The summed E-state index contributed by atoms with van der Waals surface area (Å²) in [6.07, 6.45) is 0. The van der Waals surface area contributed by atoms with E-state index in [0.29, 0.717) is 11.3 Å². The highest BCUT2D eigenvalue weighted by molar-refractivity contribution is 7.89. The number of hydrogen-bond donors (Lipinski definition) is 2. The average molecular weight is 457 g/mol. The van der Waals surface area contributed by atoms with E-state index < -0.39 is 10.0 Å². The Morgan fingerprint density at radius 2 is 1.42 bits per heavy atom. The summed E-state index contributed by atoms with van der Waals surface area (Å²) in [4.78, 5) is 13.1. The second kappa shape index (κ2) is 9.81. The van der Waals surface area contributed by atoms with E-state index in [1.807, 2.05) is 84.9 Å². The highest BCUT2D eigenvalue weighted by Crippen LogP contribution is 2.28. The molecular weight excluding hydrogens is 432 g/mol. The first-order chi connectivity index (χ1) is 15.9. The van der Waals surface area contributed by atoms with Gasteiger partial charge in [-0.2, -0.15) is 0 Å². The van der Waals surface area contributed by atoms with Crippen molar-refractivity contribution in [3.05, 3.63) is 120 Å². The van der Waals surface area contributed by atoms with E-state index in [-0.39, 0.29) is 22.9 Å². The summed E-state index contributed by atoms with van der Waals surface area (Å²) in [5.41, 5.74) is 4.20. The van der Waals surface area contributed by atoms with Gasteiger partial charge < -0.3 is 5.32 Å². The summed E-state index contributed by atoms with van der Waals surface area (Å²) in [5, 5.41) is 2.93. The van der Waals surface area contributed by atoms with Crippen LogP contribution in [0.4, 0.5) is 5.69 Å². The minimum absolute atomic E-state index is 0.0856. The summed E-state index contributed by atoms with van der Waals surface area (Å²) >= 11 is 0. The molecule has 0 unspecified atom stereocenters.